The molecule has 2 rings (SSSR count). The van der Waals surface area contributed by atoms with E-state index < -0.39 is 11.7 Å². The molecule has 19 heavy (non-hydrogen) atoms. The second-order valence-corrected chi connectivity index (χ2v) is 3.95. The largest absolute Gasteiger partial charge is 0.416 e. The molecule has 5 heteroatoms. The molecule has 0 aliphatic carbocycles. The number of alkyl halides is 3. The van der Waals surface area contributed by atoms with Gasteiger partial charge in [-0.3, -0.25) is 4.98 Å². The van der Waals surface area contributed by atoms with Gasteiger partial charge in [-0.15, -0.1) is 0 Å². The lowest BCUT2D eigenvalue weighted by Crippen LogP contribution is -2.09. The first kappa shape index (κ1) is 13.1. The van der Waals surface area contributed by atoms with Gasteiger partial charge in [0, 0.05) is 12.4 Å². The number of nitrogens with zero attached hydrogens (tertiary/aromatic N) is 2. The molecule has 0 atom stereocenters. The minimum absolute atomic E-state index is 0.0173. The van der Waals surface area contributed by atoms with Crippen LogP contribution >= 0.6 is 0 Å². The molecule has 1 aromatic heterocycles. The van der Waals surface area contributed by atoms with E-state index in [0.29, 0.717) is 5.56 Å². The number of aromatic nitrogens is 1. The van der Waals surface area contributed by atoms with Crippen molar-refractivity contribution in [1.82, 2.24) is 4.98 Å². The Kier molecular flexibility index (Phi) is 3.52. The zero-order chi connectivity index (χ0) is 13.9. The molecule has 0 unspecified atom stereocenters. The zero-order valence-corrected chi connectivity index (χ0v) is 9.78. The average molecular weight is 262 g/mol. The van der Waals surface area contributed by atoms with E-state index in [0.717, 1.165) is 11.6 Å². The summed E-state index contributed by atoms with van der Waals surface area (Å²) >= 11 is 0. The summed E-state index contributed by atoms with van der Waals surface area (Å²) in [7, 11) is 0. The maximum Gasteiger partial charge on any atom is 0.416 e. The number of nitriles is 1. The molecule has 1 heterocycles. The van der Waals surface area contributed by atoms with Gasteiger partial charge in [-0.2, -0.15) is 18.4 Å². The highest BCUT2D eigenvalue weighted by Gasteiger charge is 2.33. The summed E-state index contributed by atoms with van der Waals surface area (Å²) in [4.78, 5) is 3.92. The highest BCUT2D eigenvalue weighted by atomic mass is 19.4. The third kappa shape index (κ3) is 2.91. The molecule has 0 saturated heterocycles. The van der Waals surface area contributed by atoms with Crippen molar-refractivity contribution < 1.29 is 13.2 Å². The van der Waals surface area contributed by atoms with Crippen LogP contribution < -0.4 is 0 Å². The van der Waals surface area contributed by atoms with E-state index in [1.807, 2.05) is 0 Å². The van der Waals surface area contributed by atoms with Crippen LogP contribution in [0.1, 0.15) is 11.1 Å². The van der Waals surface area contributed by atoms with Crippen LogP contribution in [0.15, 0.2) is 42.7 Å². The Labute approximate surface area is 108 Å². The fourth-order valence-corrected chi connectivity index (χ4v) is 1.81. The molecule has 0 saturated carbocycles. The van der Waals surface area contributed by atoms with E-state index >= 15 is 0 Å². The number of halogens is 3. The molecule has 0 amide bonds. The van der Waals surface area contributed by atoms with Crippen LogP contribution in [0, 0.1) is 11.3 Å². The predicted octanol–water partition coefficient (Wildman–Crippen LogP) is 3.83. The van der Waals surface area contributed by atoms with Gasteiger partial charge in [-0.1, -0.05) is 12.1 Å². The SMILES string of the molecule is N#CCc1cc(-c2cccnc2)ccc1C(F)(F)F. The third-order valence-corrected chi connectivity index (χ3v) is 2.68. The Morgan fingerprint density at radius 3 is 2.53 bits per heavy atom. The van der Waals surface area contributed by atoms with Gasteiger partial charge in [0.15, 0.2) is 0 Å². The van der Waals surface area contributed by atoms with Gasteiger partial charge < -0.3 is 0 Å². The monoisotopic (exact) mass is 262 g/mol. The topological polar surface area (TPSA) is 36.7 Å². The molecule has 0 N–H and O–H groups in total. The molecule has 0 bridgehead atoms. The fraction of sp³-hybridized carbons (Fsp3) is 0.143. The number of benzene rings is 1. The summed E-state index contributed by atoms with van der Waals surface area (Å²) in [6, 6.07) is 9.01. The highest BCUT2D eigenvalue weighted by Crippen LogP contribution is 2.34. The molecule has 0 spiro atoms. The zero-order valence-electron chi connectivity index (χ0n) is 9.78. The van der Waals surface area contributed by atoms with Gasteiger partial charge in [-0.05, 0) is 34.9 Å². The molecule has 96 valence electrons. The molecule has 0 aliphatic heterocycles. The summed E-state index contributed by atoms with van der Waals surface area (Å²) in [6.07, 6.45) is -1.56. The van der Waals surface area contributed by atoms with Crippen molar-refractivity contribution in [1.29, 1.82) is 5.26 Å². The minimum Gasteiger partial charge on any atom is -0.264 e. The molecule has 0 aliphatic rings. The number of hydrogen-bond acceptors (Lipinski definition) is 2. The van der Waals surface area contributed by atoms with Crippen molar-refractivity contribution in [3.8, 4) is 17.2 Å². The van der Waals surface area contributed by atoms with Crippen LogP contribution in [0.4, 0.5) is 13.2 Å². The Bertz CT molecular complexity index is 613. The van der Waals surface area contributed by atoms with E-state index in [-0.39, 0.29) is 12.0 Å². The van der Waals surface area contributed by atoms with Crippen molar-refractivity contribution in [2.45, 2.75) is 12.6 Å². The summed E-state index contributed by atoms with van der Waals surface area (Å²) in [5.74, 6) is 0. The van der Waals surface area contributed by atoms with Crippen LogP contribution in [0.3, 0.4) is 0 Å². The second-order valence-electron chi connectivity index (χ2n) is 3.95. The summed E-state index contributed by atoms with van der Waals surface area (Å²) in [6.45, 7) is 0. The lowest BCUT2D eigenvalue weighted by Gasteiger charge is -2.12. The Morgan fingerprint density at radius 1 is 1.16 bits per heavy atom. The van der Waals surface area contributed by atoms with Crippen molar-refractivity contribution in [3.05, 3.63) is 53.9 Å². The van der Waals surface area contributed by atoms with E-state index in [2.05, 4.69) is 4.98 Å². The van der Waals surface area contributed by atoms with Gasteiger partial charge in [0.05, 0.1) is 18.1 Å². The van der Waals surface area contributed by atoms with E-state index in [9.17, 15) is 13.2 Å². The van der Waals surface area contributed by atoms with Crippen LogP contribution in [0.25, 0.3) is 11.1 Å². The molecular formula is C14H9F3N2. The summed E-state index contributed by atoms with van der Waals surface area (Å²) in [5.41, 5.74) is 0.555. The maximum atomic E-state index is 12.8. The van der Waals surface area contributed by atoms with Gasteiger partial charge in [0.2, 0.25) is 0 Å². The minimum atomic E-state index is -4.44. The van der Waals surface area contributed by atoms with E-state index in [4.69, 9.17) is 5.26 Å². The van der Waals surface area contributed by atoms with Crippen LogP contribution in [-0.2, 0) is 12.6 Å². The number of rotatable bonds is 2. The van der Waals surface area contributed by atoms with E-state index in [1.54, 1.807) is 30.6 Å². The lowest BCUT2D eigenvalue weighted by molar-refractivity contribution is -0.138. The number of hydrogen-bond donors (Lipinski definition) is 0. The van der Waals surface area contributed by atoms with Gasteiger partial charge >= 0.3 is 6.18 Å². The molecule has 2 nitrogen and oxygen atoms in total. The Morgan fingerprint density at radius 2 is 1.95 bits per heavy atom. The summed E-state index contributed by atoms with van der Waals surface area (Å²) < 4.78 is 38.4. The predicted molar refractivity (Wildman–Crippen MR) is 64.0 cm³/mol. The Hall–Kier alpha value is -2.35. The van der Waals surface area contributed by atoms with Crippen molar-refractivity contribution in [2.75, 3.05) is 0 Å². The van der Waals surface area contributed by atoms with Gasteiger partial charge in [0.25, 0.3) is 0 Å². The smallest absolute Gasteiger partial charge is 0.264 e. The first-order valence-electron chi connectivity index (χ1n) is 5.50. The Balaban J connectivity index is 2.52. The standard InChI is InChI=1S/C14H9F3N2/c15-14(16,17)13-4-3-10(8-11(13)5-6-18)12-2-1-7-19-9-12/h1-4,7-9H,5H2. The quantitative estimate of drug-likeness (QED) is 0.824. The summed E-state index contributed by atoms with van der Waals surface area (Å²) in [5, 5.41) is 8.64. The highest BCUT2D eigenvalue weighted by molar-refractivity contribution is 5.64. The molecule has 0 radical (unpaired) electrons. The normalized spacial score (nSPS) is 11.1. The average Bonchev–Trinajstić information content (AvgIpc) is 2.39. The van der Waals surface area contributed by atoms with Gasteiger partial charge in [0.1, 0.15) is 0 Å². The van der Waals surface area contributed by atoms with Crippen molar-refractivity contribution >= 4 is 0 Å². The first-order chi connectivity index (χ1) is 9.02. The molecule has 0 fully saturated rings. The van der Waals surface area contributed by atoms with Crippen molar-refractivity contribution in [3.63, 3.8) is 0 Å². The number of pyridine rings is 1. The van der Waals surface area contributed by atoms with Gasteiger partial charge in [-0.25, -0.2) is 0 Å². The molecule has 2 aromatic rings. The fourth-order valence-electron chi connectivity index (χ4n) is 1.81. The maximum absolute atomic E-state index is 12.8. The van der Waals surface area contributed by atoms with Crippen LogP contribution in [0.5, 0.6) is 0 Å². The first-order valence-corrected chi connectivity index (χ1v) is 5.50. The molecule has 1 aromatic carbocycles. The van der Waals surface area contributed by atoms with Crippen LogP contribution in [-0.4, -0.2) is 4.98 Å². The van der Waals surface area contributed by atoms with E-state index in [1.165, 1.54) is 12.1 Å². The van der Waals surface area contributed by atoms with Crippen LogP contribution in [0.2, 0.25) is 0 Å². The lowest BCUT2D eigenvalue weighted by atomic mass is 9.98. The molecular weight excluding hydrogens is 253 g/mol. The second kappa shape index (κ2) is 5.11. The van der Waals surface area contributed by atoms with Crippen molar-refractivity contribution in [2.24, 2.45) is 0 Å². The third-order valence-electron chi connectivity index (χ3n) is 2.68.